The molecule has 28 heavy (non-hydrogen) atoms. The Morgan fingerprint density at radius 2 is 2.00 bits per heavy atom. The third-order valence-corrected chi connectivity index (χ3v) is 4.82. The van der Waals surface area contributed by atoms with Gasteiger partial charge in [-0.05, 0) is 24.1 Å². The summed E-state index contributed by atoms with van der Waals surface area (Å²) in [5.74, 6) is 2.88. The molecule has 0 saturated carbocycles. The first-order valence-electron chi connectivity index (χ1n) is 9.54. The van der Waals surface area contributed by atoms with Crippen molar-refractivity contribution in [2.75, 3.05) is 30.4 Å². The minimum absolute atomic E-state index is 0.232. The summed E-state index contributed by atoms with van der Waals surface area (Å²) < 4.78 is 5.21. The van der Waals surface area contributed by atoms with E-state index >= 15 is 0 Å². The number of nitrogens with zero attached hydrogens (tertiary/aromatic N) is 3. The van der Waals surface area contributed by atoms with Crippen LogP contribution in [0.4, 0.5) is 11.6 Å². The van der Waals surface area contributed by atoms with Crippen LogP contribution in [0.3, 0.4) is 0 Å². The summed E-state index contributed by atoms with van der Waals surface area (Å²) >= 11 is 0. The second kappa shape index (κ2) is 8.14. The minimum Gasteiger partial charge on any atom is -0.497 e. The van der Waals surface area contributed by atoms with E-state index in [9.17, 15) is 5.11 Å². The number of methoxy groups -OCH3 is 1. The molecule has 3 rings (SSSR count). The van der Waals surface area contributed by atoms with Crippen LogP contribution in [-0.4, -0.2) is 47.6 Å². The van der Waals surface area contributed by atoms with Crippen LogP contribution in [-0.2, 0) is 12.0 Å². The Hall–Kier alpha value is -2.67. The number of hydrogen-bond acceptors (Lipinski definition) is 7. The van der Waals surface area contributed by atoms with E-state index in [1.54, 1.807) is 7.11 Å². The lowest BCUT2D eigenvalue weighted by atomic mass is 9.95. The van der Waals surface area contributed by atoms with Gasteiger partial charge in [-0.2, -0.15) is 0 Å². The maximum Gasteiger partial charge on any atom is 0.143 e. The zero-order chi connectivity index (χ0) is 20.3. The van der Waals surface area contributed by atoms with Crippen LogP contribution < -0.4 is 15.0 Å². The second-order valence-corrected chi connectivity index (χ2v) is 8.12. The monoisotopic (exact) mass is 383 g/mol. The van der Waals surface area contributed by atoms with Gasteiger partial charge in [0.2, 0.25) is 0 Å². The number of nitrogens with one attached hydrogen (secondary N) is 2. The molecule has 1 atom stereocenters. The second-order valence-electron chi connectivity index (χ2n) is 8.12. The molecule has 2 aromatic rings. The van der Waals surface area contributed by atoms with Crippen molar-refractivity contribution in [1.29, 1.82) is 5.41 Å². The van der Waals surface area contributed by atoms with Gasteiger partial charge in [0, 0.05) is 31.3 Å². The molecule has 7 nitrogen and oxygen atoms in total. The number of aromatic nitrogens is 2. The van der Waals surface area contributed by atoms with Gasteiger partial charge >= 0.3 is 0 Å². The summed E-state index contributed by atoms with van der Waals surface area (Å²) in [6.07, 6.45) is 1.64. The first-order chi connectivity index (χ1) is 13.3. The summed E-state index contributed by atoms with van der Waals surface area (Å²) in [7, 11) is 1.65. The third kappa shape index (κ3) is 4.42. The highest BCUT2D eigenvalue weighted by atomic mass is 16.5. The summed E-state index contributed by atoms with van der Waals surface area (Å²) in [6.45, 7) is 8.04. The highest BCUT2D eigenvalue weighted by molar-refractivity contribution is 5.91. The maximum atomic E-state index is 9.95. The van der Waals surface area contributed by atoms with Crippen LogP contribution in [0.15, 0.2) is 24.3 Å². The number of β-amino-alcohol motifs (C(OH)–C–C–N with tert-alkyl or cyclic N) is 1. The molecule has 1 unspecified atom stereocenters. The molecule has 1 aliphatic rings. The van der Waals surface area contributed by atoms with Crippen LogP contribution in [0.25, 0.3) is 0 Å². The Bertz CT molecular complexity index is 830. The molecule has 0 bridgehead atoms. The van der Waals surface area contributed by atoms with Crippen molar-refractivity contribution < 1.29 is 9.84 Å². The fraction of sp³-hybridized carbons (Fsp3) is 0.476. The predicted molar refractivity (Wildman–Crippen MR) is 112 cm³/mol. The molecule has 2 heterocycles. The number of aliphatic hydroxyl groups is 1. The highest BCUT2D eigenvalue weighted by Gasteiger charge is 2.28. The van der Waals surface area contributed by atoms with Crippen molar-refractivity contribution in [2.24, 2.45) is 0 Å². The summed E-state index contributed by atoms with van der Waals surface area (Å²) in [5.41, 5.74) is 1.51. The quantitative estimate of drug-likeness (QED) is 0.664. The van der Waals surface area contributed by atoms with Gasteiger partial charge in [0.05, 0.1) is 18.8 Å². The fourth-order valence-corrected chi connectivity index (χ4v) is 3.17. The first-order valence-corrected chi connectivity index (χ1v) is 9.54. The van der Waals surface area contributed by atoms with E-state index < -0.39 is 0 Å². The number of rotatable bonds is 6. The number of anilines is 2. The molecule has 1 aromatic heterocycles. The SMILES string of the molecule is COc1ccc(CNc2nc(C(C)(C)C)nc(N3CCC(O)C3)c2C=N)cc1. The van der Waals surface area contributed by atoms with Gasteiger partial charge < -0.3 is 25.5 Å². The Labute approximate surface area is 166 Å². The van der Waals surface area contributed by atoms with Crippen molar-refractivity contribution in [3.05, 3.63) is 41.2 Å². The van der Waals surface area contributed by atoms with Crippen LogP contribution in [0, 0.1) is 5.41 Å². The van der Waals surface area contributed by atoms with E-state index in [0.717, 1.165) is 17.9 Å². The molecule has 1 saturated heterocycles. The molecule has 0 aliphatic carbocycles. The predicted octanol–water partition coefficient (Wildman–Crippen LogP) is 2.96. The summed E-state index contributed by atoms with van der Waals surface area (Å²) in [4.78, 5) is 11.5. The third-order valence-electron chi connectivity index (χ3n) is 4.82. The van der Waals surface area contributed by atoms with Gasteiger partial charge in [-0.3, -0.25) is 0 Å². The zero-order valence-electron chi connectivity index (χ0n) is 17.0. The number of ether oxygens (including phenoxy) is 1. The van der Waals surface area contributed by atoms with Gasteiger partial charge in [-0.1, -0.05) is 32.9 Å². The lowest BCUT2D eigenvalue weighted by molar-refractivity contribution is 0.198. The van der Waals surface area contributed by atoms with Crippen LogP contribution in [0.2, 0.25) is 0 Å². The molecular formula is C21H29N5O2. The fourth-order valence-electron chi connectivity index (χ4n) is 3.17. The maximum absolute atomic E-state index is 9.95. The van der Waals surface area contributed by atoms with Crippen molar-refractivity contribution in [2.45, 2.75) is 45.3 Å². The molecule has 3 N–H and O–H groups in total. The molecule has 0 spiro atoms. The normalized spacial score (nSPS) is 16.9. The van der Waals surface area contributed by atoms with Crippen molar-refractivity contribution in [3.8, 4) is 5.75 Å². The molecule has 1 fully saturated rings. The summed E-state index contributed by atoms with van der Waals surface area (Å²) in [5, 5.41) is 21.3. The zero-order valence-corrected chi connectivity index (χ0v) is 17.0. The van der Waals surface area contributed by atoms with Gasteiger partial charge in [0.25, 0.3) is 0 Å². The molecule has 150 valence electrons. The molecule has 1 aromatic carbocycles. The van der Waals surface area contributed by atoms with Crippen LogP contribution >= 0.6 is 0 Å². The van der Waals surface area contributed by atoms with Gasteiger partial charge in [0.15, 0.2) is 0 Å². The average Bonchev–Trinajstić information content (AvgIpc) is 3.11. The van der Waals surface area contributed by atoms with E-state index in [2.05, 4.69) is 26.1 Å². The van der Waals surface area contributed by atoms with Crippen molar-refractivity contribution in [1.82, 2.24) is 9.97 Å². The van der Waals surface area contributed by atoms with Crippen LogP contribution in [0.5, 0.6) is 5.75 Å². The van der Waals surface area contributed by atoms with Crippen molar-refractivity contribution >= 4 is 17.9 Å². The van der Waals surface area contributed by atoms with Gasteiger partial charge in [-0.15, -0.1) is 0 Å². The Morgan fingerprint density at radius 1 is 1.29 bits per heavy atom. The van der Waals surface area contributed by atoms with E-state index in [1.165, 1.54) is 6.21 Å². The smallest absolute Gasteiger partial charge is 0.143 e. The van der Waals surface area contributed by atoms with Crippen molar-refractivity contribution in [3.63, 3.8) is 0 Å². The topological polar surface area (TPSA) is 94.4 Å². The molecule has 1 aliphatic heterocycles. The number of aliphatic hydroxyl groups excluding tert-OH is 1. The molecule has 0 radical (unpaired) electrons. The summed E-state index contributed by atoms with van der Waals surface area (Å²) in [6, 6.07) is 7.84. The lowest BCUT2D eigenvalue weighted by Crippen LogP contribution is -2.27. The van der Waals surface area contributed by atoms with E-state index in [1.807, 2.05) is 29.2 Å². The molecule has 7 heteroatoms. The average molecular weight is 383 g/mol. The van der Waals surface area contributed by atoms with Crippen LogP contribution in [0.1, 0.15) is 44.1 Å². The Morgan fingerprint density at radius 3 is 2.54 bits per heavy atom. The number of benzene rings is 1. The van der Waals surface area contributed by atoms with E-state index in [4.69, 9.17) is 20.1 Å². The van der Waals surface area contributed by atoms with E-state index in [0.29, 0.717) is 42.5 Å². The molecular weight excluding hydrogens is 354 g/mol. The first kappa shape index (κ1) is 20.1. The number of hydrogen-bond donors (Lipinski definition) is 3. The minimum atomic E-state index is -0.359. The largest absolute Gasteiger partial charge is 0.497 e. The Kier molecular flexibility index (Phi) is 5.84. The highest BCUT2D eigenvalue weighted by Crippen LogP contribution is 2.30. The molecule has 0 amide bonds. The lowest BCUT2D eigenvalue weighted by Gasteiger charge is -2.25. The Balaban J connectivity index is 1.94. The van der Waals surface area contributed by atoms with E-state index in [-0.39, 0.29) is 11.5 Å². The van der Waals surface area contributed by atoms with Gasteiger partial charge in [-0.25, -0.2) is 9.97 Å². The standard InChI is InChI=1S/C21H29N5O2/c1-21(2,3)20-24-18(23-12-14-5-7-16(28-4)8-6-14)17(11-22)19(25-20)26-10-9-15(27)13-26/h5-8,11,15,22,27H,9-10,12-13H2,1-4H3,(H,23,24,25). The van der Waals surface area contributed by atoms with Gasteiger partial charge in [0.1, 0.15) is 23.2 Å².